The Morgan fingerprint density at radius 1 is 0.861 bits per heavy atom. The van der Waals surface area contributed by atoms with Gasteiger partial charge in [-0.15, -0.1) is 0 Å². The second-order valence-corrected chi connectivity index (χ2v) is 8.41. The molecule has 0 aliphatic carbocycles. The summed E-state index contributed by atoms with van der Waals surface area (Å²) in [6.07, 6.45) is -19.9. The molecule has 3 N–H and O–H groups in total. The maximum absolute atomic E-state index is 14.8. The summed E-state index contributed by atoms with van der Waals surface area (Å²) in [6.45, 7) is 0. The molecule has 18 heteroatoms. The first-order valence-corrected chi connectivity index (χ1v) is 10.2. The fourth-order valence-corrected chi connectivity index (χ4v) is 3.87. The lowest BCUT2D eigenvalue weighted by Crippen LogP contribution is -2.59. The van der Waals surface area contributed by atoms with E-state index in [2.05, 4.69) is 0 Å². The summed E-state index contributed by atoms with van der Waals surface area (Å²) in [5, 5.41) is 10.7. The van der Waals surface area contributed by atoms with Gasteiger partial charge in [0.2, 0.25) is 0 Å². The van der Waals surface area contributed by atoms with Gasteiger partial charge in [0.15, 0.2) is 5.82 Å². The number of benzene rings is 2. The van der Waals surface area contributed by atoms with Crippen molar-refractivity contribution >= 4 is 51.2 Å². The van der Waals surface area contributed by atoms with Crippen LogP contribution in [0.2, 0.25) is 0 Å². The Kier molecular flexibility index (Phi) is 8.08. The highest BCUT2D eigenvalue weighted by Gasteiger charge is 2.81. The van der Waals surface area contributed by atoms with Crippen LogP contribution in [0.4, 0.5) is 68.5 Å². The fourth-order valence-electron chi connectivity index (χ4n) is 2.85. The Morgan fingerprint density at radius 3 is 1.86 bits per heavy atom. The number of thiocarbonyl (C=S) groups is 1. The van der Waals surface area contributed by atoms with Gasteiger partial charge in [0.1, 0.15) is 4.99 Å². The summed E-state index contributed by atoms with van der Waals surface area (Å²) in [4.78, 5) is -0.872. The average molecular weight is 674 g/mol. The minimum absolute atomic E-state index is 0.310. The van der Waals surface area contributed by atoms with Crippen molar-refractivity contribution in [3.8, 4) is 0 Å². The van der Waals surface area contributed by atoms with Crippen molar-refractivity contribution in [1.29, 1.82) is 0 Å². The average Bonchev–Trinajstić information content (AvgIpc) is 2.71. The van der Waals surface area contributed by atoms with Crippen LogP contribution >= 0.6 is 34.8 Å². The molecule has 0 spiro atoms. The van der Waals surface area contributed by atoms with Crippen LogP contribution in [0.5, 0.6) is 0 Å². The molecule has 1 unspecified atom stereocenters. The Balaban J connectivity index is 2.79. The van der Waals surface area contributed by atoms with E-state index in [1.807, 2.05) is 5.32 Å². The lowest BCUT2D eigenvalue weighted by Gasteiger charge is -2.36. The molecule has 3 nitrogen and oxygen atoms in total. The monoisotopic (exact) mass is 674 g/mol. The van der Waals surface area contributed by atoms with Gasteiger partial charge in [0.05, 0.1) is 16.9 Å². The van der Waals surface area contributed by atoms with Gasteiger partial charge in [0.25, 0.3) is 0 Å². The molecule has 200 valence electrons. The molecule has 0 aromatic heterocycles. The number of hydrogen-bond acceptors (Lipinski definition) is 3. The fraction of sp³-hybridized carbons (Fsp3) is 0.278. The van der Waals surface area contributed by atoms with Gasteiger partial charge in [-0.1, -0.05) is 18.3 Å². The Labute approximate surface area is 210 Å². The summed E-state index contributed by atoms with van der Waals surface area (Å²) in [5.74, 6) is -8.50. The molecule has 0 aliphatic heterocycles. The van der Waals surface area contributed by atoms with Crippen LogP contribution < -0.4 is 10.8 Å². The van der Waals surface area contributed by atoms with E-state index < -0.39 is 78.6 Å². The molecule has 0 radical (unpaired) electrons. The van der Waals surface area contributed by atoms with Crippen LogP contribution in [-0.2, 0) is 11.8 Å². The van der Waals surface area contributed by atoms with Crippen molar-refractivity contribution in [3.05, 3.63) is 56.4 Å². The van der Waals surface area contributed by atoms with Crippen molar-refractivity contribution in [2.45, 2.75) is 30.1 Å². The third kappa shape index (κ3) is 5.15. The highest BCUT2D eigenvalue weighted by Crippen LogP contribution is 2.59. The van der Waals surface area contributed by atoms with Crippen LogP contribution in [0.3, 0.4) is 0 Å². The molecule has 36 heavy (non-hydrogen) atoms. The molecule has 1 atom stereocenters. The summed E-state index contributed by atoms with van der Waals surface area (Å²) in [6, 6.07) is 1.77. The zero-order valence-electron chi connectivity index (χ0n) is 16.5. The van der Waals surface area contributed by atoms with E-state index in [-0.39, 0.29) is 6.07 Å². The smallest absolute Gasteiger partial charge is 0.345 e. The first kappa shape index (κ1) is 30.1. The van der Waals surface area contributed by atoms with Crippen LogP contribution in [0.15, 0.2) is 30.3 Å². The molecule has 0 aliphatic rings. The van der Waals surface area contributed by atoms with Crippen LogP contribution in [0.25, 0.3) is 0 Å². The molecule has 0 bridgehead atoms. The van der Waals surface area contributed by atoms with Crippen LogP contribution in [0.1, 0.15) is 16.7 Å². The predicted octanol–water partition coefficient (Wildman–Crippen LogP) is 7.96. The van der Waals surface area contributed by atoms with E-state index in [4.69, 9.17) is 17.4 Å². The van der Waals surface area contributed by atoms with Gasteiger partial charge in [-0.05, 0) is 46.9 Å². The molecular weight excluding hydrogens is 666 g/mol. The number of rotatable bonds is 5. The maximum Gasteiger partial charge on any atom is 0.457 e. The molecule has 0 amide bonds. The number of alkyl halides is 12. The number of anilines is 2. The third-order valence-corrected chi connectivity index (χ3v) is 5.75. The first-order valence-electron chi connectivity index (χ1n) is 8.72. The highest BCUT2D eigenvalue weighted by atomic mass is 127. The quantitative estimate of drug-likeness (QED) is 0.130. The maximum atomic E-state index is 14.8. The Morgan fingerprint density at radius 2 is 1.42 bits per heavy atom. The van der Waals surface area contributed by atoms with Gasteiger partial charge in [-0.2, -0.15) is 48.3 Å². The molecule has 0 heterocycles. The lowest BCUT2D eigenvalue weighted by molar-refractivity contribution is -0.389. The van der Waals surface area contributed by atoms with Crippen molar-refractivity contribution in [2.75, 3.05) is 10.8 Å². The summed E-state index contributed by atoms with van der Waals surface area (Å²) >= 11 is 5.58. The number of nitrogens with one attached hydrogen (secondary N) is 2. The van der Waals surface area contributed by atoms with E-state index in [0.717, 1.165) is 40.8 Å². The highest BCUT2D eigenvalue weighted by molar-refractivity contribution is 14.1. The van der Waals surface area contributed by atoms with Gasteiger partial charge >= 0.3 is 30.1 Å². The van der Waals surface area contributed by atoms with Gasteiger partial charge in [0, 0.05) is 14.7 Å². The molecular formula is C18H8F13IN2OS. The molecule has 2 aromatic carbocycles. The molecule has 0 saturated carbocycles. The zero-order chi connectivity index (χ0) is 28.1. The summed E-state index contributed by atoms with van der Waals surface area (Å²) in [7, 11) is 0. The number of hydrogen-bond donors (Lipinski definition) is 3. The normalized spacial score (nSPS) is 14.9. The minimum Gasteiger partial charge on any atom is -0.345 e. The van der Waals surface area contributed by atoms with E-state index in [1.165, 1.54) is 5.48 Å². The summed E-state index contributed by atoms with van der Waals surface area (Å²) in [5.41, 5.74) is -12.8. The van der Waals surface area contributed by atoms with Gasteiger partial charge in [-0.3, -0.25) is 10.7 Å². The van der Waals surface area contributed by atoms with Crippen molar-refractivity contribution < 1.29 is 62.3 Å². The van der Waals surface area contributed by atoms with Crippen LogP contribution in [-0.4, -0.2) is 28.5 Å². The summed E-state index contributed by atoms with van der Waals surface area (Å²) < 4.78 is 174. The topological polar surface area (TPSA) is 44.3 Å². The van der Waals surface area contributed by atoms with E-state index >= 15 is 0 Å². The Hall–Kier alpha value is -2.09. The van der Waals surface area contributed by atoms with Gasteiger partial charge < -0.3 is 5.32 Å². The van der Waals surface area contributed by atoms with E-state index in [1.54, 1.807) is 0 Å². The van der Waals surface area contributed by atoms with E-state index in [9.17, 15) is 57.1 Å². The first-order chi connectivity index (χ1) is 16.1. The largest absolute Gasteiger partial charge is 0.457 e. The van der Waals surface area contributed by atoms with Gasteiger partial charge in [-0.25, -0.2) is 8.78 Å². The minimum atomic E-state index is -7.20. The van der Waals surface area contributed by atoms with Crippen molar-refractivity contribution in [2.24, 2.45) is 0 Å². The number of halogens is 14. The van der Waals surface area contributed by atoms with E-state index in [0.29, 0.717) is 0 Å². The SMILES string of the molecule is ONc1cccc(C(=S)Nc2c(I)cc(C(F)(C(F)(F)F)C(F)(F)C(F)(F)F)cc2C(F)(F)F)c1F. The van der Waals surface area contributed by atoms with Crippen LogP contribution in [0, 0.1) is 9.39 Å². The predicted molar refractivity (Wildman–Crippen MR) is 111 cm³/mol. The lowest BCUT2D eigenvalue weighted by atomic mass is 9.86. The third-order valence-electron chi connectivity index (χ3n) is 4.58. The second kappa shape index (κ2) is 9.66. The zero-order valence-corrected chi connectivity index (χ0v) is 19.5. The standard InChI is InChI=1S/C18H8F13IN2OS/c19-11-7(2-1-3-10(11)34-35)13(36)33-12-8(15(21,22)23)4-6(5-9(12)32)14(20,17(26,27)28)16(24,25)18(29,30)31/h1-5,34-35H,(H,33,36). The van der Waals surface area contributed by atoms with Crippen molar-refractivity contribution in [1.82, 2.24) is 0 Å². The molecule has 2 aromatic rings. The van der Waals surface area contributed by atoms with Crippen molar-refractivity contribution in [3.63, 3.8) is 0 Å². The molecule has 0 saturated heterocycles. The molecule has 2 rings (SSSR count). The molecule has 0 fully saturated rings. The second-order valence-electron chi connectivity index (χ2n) is 6.84. The Bertz CT molecular complexity index is 1160.